The summed E-state index contributed by atoms with van der Waals surface area (Å²) in [5.41, 5.74) is -1.15. The maximum atomic E-state index is 12.3. The van der Waals surface area contributed by atoms with Crippen molar-refractivity contribution < 1.29 is 23.1 Å². The Morgan fingerprint density at radius 1 is 1.42 bits per heavy atom. The molecule has 1 saturated carbocycles. The van der Waals surface area contributed by atoms with Crippen molar-refractivity contribution in [3.63, 3.8) is 0 Å². The van der Waals surface area contributed by atoms with Gasteiger partial charge in [-0.05, 0) is 32.7 Å². The number of nitrogens with one attached hydrogen (secondary N) is 1. The second kappa shape index (κ2) is 6.09. The van der Waals surface area contributed by atoms with Gasteiger partial charge in [-0.1, -0.05) is 6.92 Å². The molecule has 4 nitrogen and oxygen atoms in total. The first-order valence-electron chi connectivity index (χ1n) is 6.46. The predicted octanol–water partition coefficient (Wildman–Crippen LogP) is 1.86. The quantitative estimate of drug-likeness (QED) is 0.713. The molecule has 0 heterocycles. The monoisotopic (exact) mass is 282 g/mol. The van der Waals surface area contributed by atoms with E-state index >= 15 is 0 Å². The number of hydrogen-bond donors (Lipinski definition) is 2. The standard InChI is InChI=1S/C12H21F3N2O2/c1-3-17(8-12(13,14)15)7-6-11(2,10(18)19)16-9-4-5-9/h9,16H,3-8H2,1-2H3,(H,18,19). The lowest BCUT2D eigenvalue weighted by Gasteiger charge is -2.30. The van der Waals surface area contributed by atoms with Crippen LogP contribution in [0.1, 0.15) is 33.1 Å². The Morgan fingerprint density at radius 3 is 2.37 bits per heavy atom. The van der Waals surface area contributed by atoms with Crippen molar-refractivity contribution >= 4 is 5.97 Å². The first-order chi connectivity index (χ1) is 8.66. The highest BCUT2D eigenvalue weighted by atomic mass is 19.4. The highest BCUT2D eigenvalue weighted by Crippen LogP contribution is 2.25. The number of carboxylic acids is 1. The molecule has 0 aromatic heterocycles. The van der Waals surface area contributed by atoms with Crippen LogP contribution in [0, 0.1) is 0 Å². The zero-order chi connectivity index (χ0) is 14.7. The number of hydrogen-bond acceptors (Lipinski definition) is 3. The molecule has 1 aliphatic rings. The first kappa shape index (κ1) is 16.2. The smallest absolute Gasteiger partial charge is 0.401 e. The molecule has 1 unspecified atom stereocenters. The molecule has 1 fully saturated rings. The van der Waals surface area contributed by atoms with Crippen LogP contribution in [0.5, 0.6) is 0 Å². The molecule has 0 aromatic rings. The van der Waals surface area contributed by atoms with Gasteiger partial charge < -0.3 is 5.11 Å². The van der Waals surface area contributed by atoms with Crippen LogP contribution in [0.4, 0.5) is 13.2 Å². The van der Waals surface area contributed by atoms with Gasteiger partial charge in [-0.25, -0.2) is 0 Å². The van der Waals surface area contributed by atoms with Crippen molar-refractivity contribution in [3.8, 4) is 0 Å². The third kappa shape index (κ3) is 5.78. The van der Waals surface area contributed by atoms with Gasteiger partial charge in [-0.3, -0.25) is 15.0 Å². The maximum absolute atomic E-state index is 12.3. The lowest BCUT2D eigenvalue weighted by molar-refractivity contribution is -0.148. The Kier molecular flexibility index (Phi) is 5.20. The Morgan fingerprint density at radius 2 is 2.00 bits per heavy atom. The van der Waals surface area contributed by atoms with E-state index in [1.165, 1.54) is 11.8 Å². The zero-order valence-electron chi connectivity index (χ0n) is 11.3. The summed E-state index contributed by atoms with van der Waals surface area (Å²) in [7, 11) is 0. The van der Waals surface area contributed by atoms with E-state index in [1.54, 1.807) is 6.92 Å². The van der Waals surface area contributed by atoms with E-state index in [9.17, 15) is 23.1 Å². The molecule has 1 aliphatic carbocycles. The van der Waals surface area contributed by atoms with Crippen molar-refractivity contribution in [3.05, 3.63) is 0 Å². The van der Waals surface area contributed by atoms with Crippen LogP contribution >= 0.6 is 0 Å². The molecule has 0 amide bonds. The molecular formula is C12H21F3N2O2. The highest BCUT2D eigenvalue weighted by Gasteiger charge is 2.39. The molecule has 1 rings (SSSR count). The minimum atomic E-state index is -4.25. The molecule has 0 spiro atoms. The normalized spacial score (nSPS) is 19.5. The Hall–Kier alpha value is -0.820. The van der Waals surface area contributed by atoms with Gasteiger partial charge >= 0.3 is 12.1 Å². The molecule has 0 radical (unpaired) electrons. The molecule has 0 aromatic carbocycles. The number of aliphatic carboxylic acids is 1. The lowest BCUT2D eigenvalue weighted by Crippen LogP contribution is -2.52. The summed E-state index contributed by atoms with van der Waals surface area (Å²) in [6.07, 6.45) is -2.23. The minimum absolute atomic E-state index is 0.110. The van der Waals surface area contributed by atoms with Gasteiger partial charge in [-0.15, -0.1) is 0 Å². The first-order valence-corrected chi connectivity index (χ1v) is 6.46. The fraction of sp³-hybridized carbons (Fsp3) is 0.917. The number of halogens is 3. The number of carboxylic acid groups (broad SMARTS) is 1. The van der Waals surface area contributed by atoms with Gasteiger partial charge in [0.15, 0.2) is 0 Å². The van der Waals surface area contributed by atoms with Crippen LogP contribution in [0.25, 0.3) is 0 Å². The van der Waals surface area contributed by atoms with Gasteiger partial charge in [0, 0.05) is 12.6 Å². The molecule has 0 bridgehead atoms. The third-order valence-corrected chi connectivity index (χ3v) is 3.35. The van der Waals surface area contributed by atoms with Gasteiger partial charge in [-0.2, -0.15) is 13.2 Å². The summed E-state index contributed by atoms with van der Waals surface area (Å²) < 4.78 is 37.0. The van der Waals surface area contributed by atoms with E-state index in [4.69, 9.17) is 0 Å². The fourth-order valence-electron chi connectivity index (χ4n) is 1.90. The molecule has 112 valence electrons. The van der Waals surface area contributed by atoms with Gasteiger partial charge in [0.05, 0.1) is 6.54 Å². The van der Waals surface area contributed by atoms with E-state index < -0.39 is 24.2 Å². The summed E-state index contributed by atoms with van der Waals surface area (Å²) in [6.45, 7) is 2.53. The Balaban J connectivity index is 2.51. The van der Waals surface area contributed by atoms with Crippen molar-refractivity contribution in [2.24, 2.45) is 0 Å². The SMILES string of the molecule is CCN(CCC(C)(NC1CC1)C(=O)O)CC(F)(F)F. The summed E-state index contributed by atoms with van der Waals surface area (Å²) in [5, 5.41) is 12.2. The molecule has 7 heteroatoms. The molecule has 0 saturated heterocycles. The third-order valence-electron chi connectivity index (χ3n) is 3.35. The van der Waals surface area contributed by atoms with Crippen LogP contribution in [-0.2, 0) is 4.79 Å². The van der Waals surface area contributed by atoms with Gasteiger partial charge in [0.1, 0.15) is 5.54 Å². The Labute approximate surface area is 111 Å². The number of alkyl halides is 3. The number of rotatable bonds is 8. The van der Waals surface area contributed by atoms with Crippen molar-refractivity contribution in [1.82, 2.24) is 10.2 Å². The van der Waals surface area contributed by atoms with E-state index in [1.807, 2.05) is 0 Å². The van der Waals surface area contributed by atoms with Crippen LogP contribution in [0.15, 0.2) is 0 Å². The van der Waals surface area contributed by atoms with Crippen molar-refractivity contribution in [2.45, 2.75) is 50.9 Å². The van der Waals surface area contributed by atoms with Gasteiger partial charge in [0.25, 0.3) is 0 Å². The summed E-state index contributed by atoms with van der Waals surface area (Å²) in [5.74, 6) is -1.01. The molecule has 19 heavy (non-hydrogen) atoms. The van der Waals surface area contributed by atoms with Crippen LogP contribution in [0.3, 0.4) is 0 Å². The van der Waals surface area contributed by atoms with E-state index in [2.05, 4.69) is 5.32 Å². The lowest BCUT2D eigenvalue weighted by atomic mass is 9.97. The Bertz CT molecular complexity index is 319. The molecular weight excluding hydrogens is 261 g/mol. The minimum Gasteiger partial charge on any atom is -0.480 e. The van der Waals surface area contributed by atoms with Crippen LogP contribution in [0.2, 0.25) is 0 Å². The fourth-order valence-corrected chi connectivity index (χ4v) is 1.90. The maximum Gasteiger partial charge on any atom is 0.401 e. The number of carbonyl (C=O) groups is 1. The molecule has 1 atom stereocenters. The summed E-state index contributed by atoms with van der Waals surface area (Å²) in [4.78, 5) is 12.5. The van der Waals surface area contributed by atoms with Crippen molar-refractivity contribution in [2.75, 3.05) is 19.6 Å². The largest absolute Gasteiger partial charge is 0.480 e. The van der Waals surface area contributed by atoms with Crippen LogP contribution < -0.4 is 5.32 Å². The van der Waals surface area contributed by atoms with Crippen LogP contribution in [-0.4, -0.2) is 53.4 Å². The summed E-state index contributed by atoms with van der Waals surface area (Å²) in [6, 6.07) is 0.193. The predicted molar refractivity (Wildman–Crippen MR) is 65.0 cm³/mol. The second-order valence-corrected chi connectivity index (χ2v) is 5.29. The molecule has 0 aliphatic heterocycles. The van der Waals surface area contributed by atoms with E-state index in [0.29, 0.717) is 0 Å². The second-order valence-electron chi connectivity index (χ2n) is 5.29. The van der Waals surface area contributed by atoms with Crippen molar-refractivity contribution in [1.29, 1.82) is 0 Å². The average molecular weight is 282 g/mol. The topological polar surface area (TPSA) is 52.6 Å². The molecule has 2 N–H and O–H groups in total. The number of nitrogens with zero attached hydrogens (tertiary/aromatic N) is 1. The van der Waals surface area contributed by atoms with E-state index in [0.717, 1.165) is 12.8 Å². The summed E-state index contributed by atoms with van der Waals surface area (Å²) >= 11 is 0. The van der Waals surface area contributed by atoms with Gasteiger partial charge in [0.2, 0.25) is 0 Å². The average Bonchev–Trinajstić information content (AvgIpc) is 3.06. The zero-order valence-corrected chi connectivity index (χ0v) is 11.3. The highest BCUT2D eigenvalue weighted by molar-refractivity contribution is 5.78. The van der Waals surface area contributed by atoms with E-state index in [-0.39, 0.29) is 25.6 Å².